The predicted molar refractivity (Wildman–Crippen MR) is 77.4 cm³/mol. The van der Waals surface area contributed by atoms with Crippen LogP contribution in [0.2, 0.25) is 0 Å². The van der Waals surface area contributed by atoms with Crippen molar-refractivity contribution < 1.29 is 4.74 Å². The summed E-state index contributed by atoms with van der Waals surface area (Å²) in [5.41, 5.74) is 2.05. The SMILES string of the molecule is CCCc1nc(-c2ccccc2OC)sc1CC#N. The highest BCUT2D eigenvalue weighted by molar-refractivity contribution is 7.15. The average molecular weight is 272 g/mol. The lowest BCUT2D eigenvalue weighted by Crippen LogP contribution is -1.90. The third-order valence-electron chi connectivity index (χ3n) is 2.84. The Morgan fingerprint density at radius 1 is 1.37 bits per heavy atom. The van der Waals surface area contributed by atoms with Crippen LogP contribution in [0.5, 0.6) is 5.75 Å². The Kier molecular flexibility index (Phi) is 4.53. The summed E-state index contributed by atoms with van der Waals surface area (Å²) in [5, 5.41) is 9.83. The first-order valence-corrected chi connectivity index (χ1v) is 7.10. The first-order chi connectivity index (χ1) is 9.30. The molecular formula is C15H16N2OS. The Morgan fingerprint density at radius 2 is 2.16 bits per heavy atom. The van der Waals surface area contributed by atoms with Gasteiger partial charge >= 0.3 is 0 Å². The fourth-order valence-corrected chi connectivity index (χ4v) is 3.03. The highest BCUT2D eigenvalue weighted by Crippen LogP contribution is 2.34. The standard InChI is InChI=1S/C15H16N2OS/c1-3-6-12-14(9-10-16)19-15(17-12)11-7-4-5-8-13(11)18-2/h4-5,7-8H,3,6,9H2,1-2H3. The summed E-state index contributed by atoms with van der Waals surface area (Å²) in [6.45, 7) is 2.12. The number of para-hydroxylation sites is 1. The normalized spacial score (nSPS) is 10.2. The molecule has 4 heteroatoms. The Morgan fingerprint density at radius 3 is 2.84 bits per heavy atom. The molecule has 2 aromatic rings. The molecule has 0 aliphatic carbocycles. The molecule has 0 N–H and O–H groups in total. The number of hydrogen-bond acceptors (Lipinski definition) is 4. The number of aryl methyl sites for hydroxylation is 1. The third kappa shape index (κ3) is 2.94. The fraction of sp³-hybridized carbons (Fsp3) is 0.333. The molecule has 0 atom stereocenters. The Bertz CT molecular complexity index is 598. The molecule has 0 radical (unpaired) electrons. The van der Waals surface area contributed by atoms with Gasteiger partial charge in [-0.3, -0.25) is 0 Å². The van der Waals surface area contributed by atoms with Gasteiger partial charge in [0.15, 0.2) is 0 Å². The highest BCUT2D eigenvalue weighted by atomic mass is 32.1. The molecule has 0 saturated carbocycles. The van der Waals surface area contributed by atoms with Gasteiger partial charge in [0.2, 0.25) is 0 Å². The van der Waals surface area contributed by atoms with Crippen molar-refractivity contribution in [2.24, 2.45) is 0 Å². The molecule has 98 valence electrons. The first kappa shape index (κ1) is 13.6. The Labute approximate surface area is 117 Å². The Balaban J connectivity index is 2.45. The van der Waals surface area contributed by atoms with Crippen LogP contribution < -0.4 is 4.74 Å². The largest absolute Gasteiger partial charge is 0.496 e. The van der Waals surface area contributed by atoms with E-state index in [9.17, 15) is 0 Å². The van der Waals surface area contributed by atoms with Gasteiger partial charge in [-0.1, -0.05) is 25.5 Å². The average Bonchev–Trinajstić information content (AvgIpc) is 2.83. The molecule has 0 fully saturated rings. The minimum Gasteiger partial charge on any atom is -0.496 e. The summed E-state index contributed by atoms with van der Waals surface area (Å²) < 4.78 is 5.37. The van der Waals surface area contributed by atoms with Crippen LogP contribution in [-0.4, -0.2) is 12.1 Å². The predicted octanol–water partition coefficient (Wildman–Crippen LogP) is 3.84. The minimum atomic E-state index is 0.433. The van der Waals surface area contributed by atoms with Crippen molar-refractivity contribution in [3.05, 3.63) is 34.8 Å². The van der Waals surface area contributed by atoms with E-state index in [-0.39, 0.29) is 0 Å². The molecule has 0 bridgehead atoms. The number of thiazole rings is 1. The van der Waals surface area contributed by atoms with Crippen molar-refractivity contribution in [1.29, 1.82) is 5.26 Å². The maximum atomic E-state index is 8.90. The monoisotopic (exact) mass is 272 g/mol. The molecule has 1 heterocycles. The molecule has 0 saturated heterocycles. The van der Waals surface area contributed by atoms with Crippen LogP contribution in [-0.2, 0) is 12.8 Å². The smallest absolute Gasteiger partial charge is 0.129 e. The molecule has 0 spiro atoms. The van der Waals surface area contributed by atoms with Crippen LogP contribution in [0.1, 0.15) is 23.9 Å². The molecule has 0 amide bonds. The number of nitrogens with zero attached hydrogens (tertiary/aromatic N) is 2. The van der Waals surface area contributed by atoms with Crippen LogP contribution >= 0.6 is 11.3 Å². The number of rotatable bonds is 5. The summed E-state index contributed by atoms with van der Waals surface area (Å²) in [5.74, 6) is 0.822. The van der Waals surface area contributed by atoms with Crippen molar-refractivity contribution in [3.63, 3.8) is 0 Å². The van der Waals surface area contributed by atoms with Gasteiger partial charge in [0.25, 0.3) is 0 Å². The second kappa shape index (κ2) is 6.35. The molecule has 19 heavy (non-hydrogen) atoms. The minimum absolute atomic E-state index is 0.433. The summed E-state index contributed by atoms with van der Waals surface area (Å²) >= 11 is 1.59. The quantitative estimate of drug-likeness (QED) is 0.830. The van der Waals surface area contributed by atoms with E-state index in [0.717, 1.165) is 39.7 Å². The summed E-state index contributed by atoms with van der Waals surface area (Å²) in [6.07, 6.45) is 2.39. The number of methoxy groups -OCH3 is 1. The number of ether oxygens (including phenoxy) is 1. The fourth-order valence-electron chi connectivity index (χ4n) is 1.96. The molecule has 2 rings (SSSR count). The second-order valence-corrected chi connectivity index (χ2v) is 5.26. The van der Waals surface area contributed by atoms with Gasteiger partial charge in [-0.15, -0.1) is 11.3 Å². The van der Waals surface area contributed by atoms with Crippen LogP contribution in [0.4, 0.5) is 0 Å². The van der Waals surface area contributed by atoms with Gasteiger partial charge in [-0.05, 0) is 18.6 Å². The van der Waals surface area contributed by atoms with Crippen LogP contribution in [0.25, 0.3) is 10.6 Å². The lowest BCUT2D eigenvalue weighted by molar-refractivity contribution is 0.416. The summed E-state index contributed by atoms with van der Waals surface area (Å²) in [7, 11) is 1.66. The van der Waals surface area contributed by atoms with Crippen LogP contribution in [0.15, 0.2) is 24.3 Å². The zero-order chi connectivity index (χ0) is 13.7. The highest BCUT2D eigenvalue weighted by Gasteiger charge is 2.14. The molecule has 0 aliphatic rings. The maximum Gasteiger partial charge on any atom is 0.129 e. The summed E-state index contributed by atoms with van der Waals surface area (Å²) in [4.78, 5) is 5.76. The van der Waals surface area contributed by atoms with Crippen molar-refractivity contribution in [2.45, 2.75) is 26.2 Å². The molecule has 3 nitrogen and oxygen atoms in total. The van der Waals surface area contributed by atoms with Crippen molar-refractivity contribution >= 4 is 11.3 Å². The van der Waals surface area contributed by atoms with Gasteiger partial charge in [0.05, 0.1) is 30.9 Å². The van der Waals surface area contributed by atoms with Crippen molar-refractivity contribution in [2.75, 3.05) is 7.11 Å². The van der Waals surface area contributed by atoms with E-state index in [2.05, 4.69) is 18.0 Å². The molecular weight excluding hydrogens is 256 g/mol. The molecule has 1 aromatic heterocycles. The lowest BCUT2D eigenvalue weighted by Gasteiger charge is -2.04. The Hall–Kier alpha value is -1.86. The van der Waals surface area contributed by atoms with Gasteiger partial charge in [0.1, 0.15) is 10.8 Å². The van der Waals surface area contributed by atoms with Gasteiger partial charge < -0.3 is 4.74 Å². The van der Waals surface area contributed by atoms with E-state index < -0.39 is 0 Å². The number of aromatic nitrogens is 1. The third-order valence-corrected chi connectivity index (χ3v) is 3.97. The zero-order valence-corrected chi connectivity index (χ0v) is 12.0. The van der Waals surface area contributed by atoms with Gasteiger partial charge in [-0.25, -0.2) is 4.98 Å². The van der Waals surface area contributed by atoms with E-state index >= 15 is 0 Å². The van der Waals surface area contributed by atoms with Gasteiger partial charge in [0, 0.05) is 4.88 Å². The van der Waals surface area contributed by atoms with Crippen LogP contribution in [0, 0.1) is 11.3 Å². The first-order valence-electron chi connectivity index (χ1n) is 6.29. The van der Waals surface area contributed by atoms with E-state index in [4.69, 9.17) is 10.00 Å². The maximum absolute atomic E-state index is 8.90. The van der Waals surface area contributed by atoms with Crippen LogP contribution in [0.3, 0.4) is 0 Å². The lowest BCUT2D eigenvalue weighted by atomic mass is 10.2. The van der Waals surface area contributed by atoms with E-state index in [1.165, 1.54) is 0 Å². The number of benzene rings is 1. The number of hydrogen-bond donors (Lipinski definition) is 0. The van der Waals surface area contributed by atoms with Crippen molar-refractivity contribution in [1.82, 2.24) is 4.98 Å². The zero-order valence-electron chi connectivity index (χ0n) is 11.1. The molecule has 0 aliphatic heterocycles. The second-order valence-electron chi connectivity index (χ2n) is 4.17. The molecule has 0 unspecified atom stereocenters. The number of nitriles is 1. The van der Waals surface area contributed by atoms with E-state index in [1.807, 2.05) is 24.3 Å². The van der Waals surface area contributed by atoms with E-state index in [0.29, 0.717) is 6.42 Å². The van der Waals surface area contributed by atoms with E-state index in [1.54, 1.807) is 18.4 Å². The summed E-state index contributed by atoms with van der Waals surface area (Å²) in [6, 6.07) is 10.1. The van der Waals surface area contributed by atoms with Crippen molar-refractivity contribution in [3.8, 4) is 22.4 Å². The topological polar surface area (TPSA) is 45.9 Å². The molecule has 1 aromatic carbocycles. The van der Waals surface area contributed by atoms with Gasteiger partial charge in [-0.2, -0.15) is 5.26 Å².